The number of carbonyl (C=O) groups is 1. The second-order valence-corrected chi connectivity index (χ2v) is 8.00. The van der Waals surface area contributed by atoms with E-state index in [-0.39, 0.29) is 18.1 Å². The molecule has 0 N–H and O–H groups in total. The molecule has 1 saturated carbocycles. The third kappa shape index (κ3) is 3.32. The van der Waals surface area contributed by atoms with Gasteiger partial charge in [-0.3, -0.25) is 4.79 Å². The van der Waals surface area contributed by atoms with E-state index in [9.17, 15) is 4.79 Å². The van der Waals surface area contributed by atoms with Gasteiger partial charge < -0.3 is 14.4 Å². The fraction of sp³-hybridized carbons (Fsp3) is 0.650. The van der Waals surface area contributed by atoms with Crippen LogP contribution in [0.25, 0.3) is 0 Å². The van der Waals surface area contributed by atoms with E-state index in [0.29, 0.717) is 18.2 Å². The maximum absolute atomic E-state index is 13.6. The molecular formula is C20H26ClNO3. The number of carbonyl (C=O) groups excluding carboxylic acids is 1. The molecule has 25 heavy (non-hydrogen) atoms. The van der Waals surface area contributed by atoms with E-state index in [1.165, 1.54) is 0 Å². The smallest absolute Gasteiger partial charge is 0.233 e. The second-order valence-electron chi connectivity index (χ2n) is 7.56. The Morgan fingerprint density at radius 3 is 2.64 bits per heavy atom. The molecule has 1 atom stereocenters. The third-order valence-electron chi connectivity index (χ3n) is 6.02. The van der Waals surface area contributed by atoms with E-state index in [2.05, 4.69) is 11.0 Å². The fourth-order valence-corrected chi connectivity index (χ4v) is 4.95. The molecule has 0 radical (unpaired) electrons. The van der Waals surface area contributed by atoms with Gasteiger partial charge in [0.1, 0.15) is 0 Å². The Hall–Kier alpha value is -1.10. The maximum Gasteiger partial charge on any atom is 0.233 e. The summed E-state index contributed by atoms with van der Waals surface area (Å²) in [6.07, 6.45) is 5.99. The van der Waals surface area contributed by atoms with Crippen molar-refractivity contribution < 1.29 is 14.3 Å². The zero-order valence-electron chi connectivity index (χ0n) is 14.6. The van der Waals surface area contributed by atoms with E-state index in [4.69, 9.17) is 21.1 Å². The number of rotatable bonds is 3. The number of likely N-dealkylation sites (tertiary alicyclic amines) is 1. The van der Waals surface area contributed by atoms with Gasteiger partial charge in [0, 0.05) is 24.0 Å². The maximum atomic E-state index is 13.6. The van der Waals surface area contributed by atoms with Crippen LogP contribution < -0.4 is 0 Å². The zero-order valence-corrected chi connectivity index (χ0v) is 15.3. The third-order valence-corrected chi connectivity index (χ3v) is 6.26. The lowest BCUT2D eigenvalue weighted by Crippen LogP contribution is -2.51. The zero-order chi connectivity index (χ0) is 17.3. The molecule has 3 aliphatic rings. The van der Waals surface area contributed by atoms with Crippen LogP contribution >= 0.6 is 11.6 Å². The number of piperidine rings is 1. The predicted molar refractivity (Wildman–Crippen MR) is 96.6 cm³/mol. The Bertz CT molecular complexity index is 623. The van der Waals surface area contributed by atoms with Crippen LogP contribution in [0.5, 0.6) is 0 Å². The lowest BCUT2D eigenvalue weighted by molar-refractivity contribution is -0.145. The molecule has 2 saturated heterocycles. The molecule has 0 spiro atoms. The minimum absolute atomic E-state index is 0.138. The molecule has 4 nitrogen and oxygen atoms in total. The van der Waals surface area contributed by atoms with Gasteiger partial charge in [-0.25, -0.2) is 0 Å². The van der Waals surface area contributed by atoms with Crippen molar-refractivity contribution in [3.8, 4) is 0 Å². The average Bonchev–Trinajstić information content (AvgIpc) is 3.34. The number of ether oxygens (including phenoxy) is 2. The Kier molecular flexibility index (Phi) is 5.03. The summed E-state index contributed by atoms with van der Waals surface area (Å²) in [5.74, 6) is 0.563. The van der Waals surface area contributed by atoms with Crippen molar-refractivity contribution in [3.05, 3.63) is 34.9 Å². The number of benzene rings is 1. The van der Waals surface area contributed by atoms with Crippen molar-refractivity contribution in [2.75, 3.05) is 26.3 Å². The van der Waals surface area contributed by atoms with E-state index >= 15 is 0 Å². The second kappa shape index (κ2) is 7.26. The highest BCUT2D eigenvalue weighted by Gasteiger charge is 2.46. The number of amides is 1. The molecule has 1 amide bonds. The highest BCUT2D eigenvalue weighted by Crippen LogP contribution is 2.44. The van der Waals surface area contributed by atoms with Gasteiger partial charge in [-0.15, -0.1) is 0 Å². The summed E-state index contributed by atoms with van der Waals surface area (Å²) >= 11 is 6.23. The highest BCUT2D eigenvalue weighted by atomic mass is 35.5. The van der Waals surface area contributed by atoms with Gasteiger partial charge >= 0.3 is 0 Å². The Morgan fingerprint density at radius 1 is 1.16 bits per heavy atom. The van der Waals surface area contributed by atoms with Gasteiger partial charge in [0.15, 0.2) is 6.29 Å². The quantitative estimate of drug-likeness (QED) is 0.820. The minimum atomic E-state index is -0.399. The lowest BCUT2D eigenvalue weighted by Gasteiger charge is -2.40. The van der Waals surface area contributed by atoms with E-state index in [1.807, 2.05) is 18.2 Å². The predicted octanol–water partition coefficient (Wildman–Crippen LogP) is 3.76. The summed E-state index contributed by atoms with van der Waals surface area (Å²) in [5, 5.41) is 0.709. The van der Waals surface area contributed by atoms with Crippen molar-refractivity contribution in [3.63, 3.8) is 0 Å². The first kappa shape index (κ1) is 17.3. The number of nitrogens with zero attached hydrogens (tertiary/aromatic N) is 1. The molecule has 5 heteroatoms. The lowest BCUT2D eigenvalue weighted by atomic mass is 9.77. The van der Waals surface area contributed by atoms with Crippen LogP contribution in [0.4, 0.5) is 0 Å². The molecule has 136 valence electrons. The Balaban J connectivity index is 1.56. The van der Waals surface area contributed by atoms with E-state index in [0.717, 1.165) is 57.2 Å². The largest absolute Gasteiger partial charge is 0.350 e. The van der Waals surface area contributed by atoms with Crippen molar-refractivity contribution >= 4 is 17.5 Å². The number of hydrogen-bond donors (Lipinski definition) is 0. The van der Waals surface area contributed by atoms with Crippen LogP contribution in [-0.4, -0.2) is 43.4 Å². The minimum Gasteiger partial charge on any atom is -0.350 e. The highest BCUT2D eigenvalue weighted by molar-refractivity contribution is 6.30. The van der Waals surface area contributed by atoms with Crippen molar-refractivity contribution in [2.24, 2.45) is 5.92 Å². The van der Waals surface area contributed by atoms with E-state index < -0.39 is 5.41 Å². The SMILES string of the molecule is O=C(N1CCCC(C2OCCO2)C1)C1(c2cccc(Cl)c2)CCCC1. The average molecular weight is 364 g/mol. The number of hydrogen-bond acceptors (Lipinski definition) is 3. The summed E-state index contributed by atoms with van der Waals surface area (Å²) in [7, 11) is 0. The van der Waals surface area contributed by atoms with Crippen LogP contribution in [0.3, 0.4) is 0 Å². The Labute approximate surface area is 154 Å². The standard InChI is InChI=1S/C20H26ClNO3/c21-17-7-3-6-16(13-17)20(8-1-2-9-20)19(23)22-10-4-5-15(14-22)18-24-11-12-25-18/h3,6-7,13,15,18H,1-2,4-5,8-12,14H2. The van der Waals surface area contributed by atoms with Crippen LogP contribution in [0.15, 0.2) is 24.3 Å². The van der Waals surface area contributed by atoms with Crippen molar-refractivity contribution in [2.45, 2.75) is 50.2 Å². The van der Waals surface area contributed by atoms with E-state index in [1.54, 1.807) is 0 Å². The first-order valence-corrected chi connectivity index (χ1v) is 9.85. The molecule has 0 bridgehead atoms. The van der Waals surface area contributed by atoms with Gasteiger partial charge in [-0.2, -0.15) is 0 Å². The Morgan fingerprint density at radius 2 is 1.92 bits per heavy atom. The monoisotopic (exact) mass is 363 g/mol. The molecule has 1 aromatic rings. The molecule has 2 aliphatic heterocycles. The summed E-state index contributed by atoms with van der Waals surface area (Å²) in [4.78, 5) is 15.7. The molecule has 0 aromatic heterocycles. The molecule has 2 heterocycles. The van der Waals surface area contributed by atoms with Gasteiger partial charge in [-0.1, -0.05) is 36.6 Å². The molecule has 1 unspecified atom stereocenters. The first-order chi connectivity index (χ1) is 12.2. The summed E-state index contributed by atoms with van der Waals surface area (Å²) in [6, 6.07) is 7.89. The molecule has 3 fully saturated rings. The van der Waals surface area contributed by atoms with Crippen LogP contribution in [0.2, 0.25) is 5.02 Å². The topological polar surface area (TPSA) is 38.8 Å². The first-order valence-electron chi connectivity index (χ1n) is 9.48. The normalized spacial score (nSPS) is 26.9. The van der Waals surface area contributed by atoms with Gasteiger partial charge in [0.05, 0.1) is 18.6 Å². The van der Waals surface area contributed by atoms with Gasteiger partial charge in [-0.05, 0) is 43.4 Å². The summed E-state index contributed by atoms with van der Waals surface area (Å²) < 4.78 is 11.4. The van der Waals surface area contributed by atoms with Gasteiger partial charge in [0.25, 0.3) is 0 Å². The molecule has 4 rings (SSSR count). The number of halogens is 1. The molecule has 1 aromatic carbocycles. The van der Waals surface area contributed by atoms with Crippen LogP contribution in [-0.2, 0) is 19.7 Å². The van der Waals surface area contributed by atoms with Crippen molar-refractivity contribution in [1.29, 1.82) is 0 Å². The van der Waals surface area contributed by atoms with Crippen LogP contribution in [0.1, 0.15) is 44.1 Å². The molecular weight excluding hydrogens is 338 g/mol. The van der Waals surface area contributed by atoms with Crippen LogP contribution in [0, 0.1) is 5.92 Å². The molecule has 1 aliphatic carbocycles. The van der Waals surface area contributed by atoms with Gasteiger partial charge in [0.2, 0.25) is 5.91 Å². The van der Waals surface area contributed by atoms with Crippen molar-refractivity contribution in [1.82, 2.24) is 4.90 Å². The summed E-state index contributed by atoms with van der Waals surface area (Å²) in [5.41, 5.74) is 0.683. The fourth-order valence-electron chi connectivity index (χ4n) is 4.76. The summed E-state index contributed by atoms with van der Waals surface area (Å²) in [6.45, 7) is 2.92.